The Balaban J connectivity index is 2.09. The molecule has 0 radical (unpaired) electrons. The summed E-state index contributed by atoms with van der Waals surface area (Å²) in [6.07, 6.45) is 11.4. The van der Waals surface area contributed by atoms with E-state index in [1.54, 1.807) is 0 Å². The molecule has 1 aliphatic carbocycles. The maximum atomic E-state index is 3.68. The van der Waals surface area contributed by atoms with Gasteiger partial charge in [0.25, 0.3) is 0 Å². The molecule has 1 nitrogen and oxygen atoms in total. The van der Waals surface area contributed by atoms with Crippen molar-refractivity contribution in [1.29, 1.82) is 0 Å². The lowest BCUT2D eigenvalue weighted by molar-refractivity contribution is 0.390. The molecular formula is C13H27N. The molecule has 1 unspecified atom stereocenters. The van der Waals surface area contributed by atoms with Crippen LogP contribution in [0.5, 0.6) is 0 Å². The zero-order chi connectivity index (χ0) is 10.2. The molecule has 0 aliphatic heterocycles. The van der Waals surface area contributed by atoms with Gasteiger partial charge < -0.3 is 5.32 Å². The van der Waals surface area contributed by atoms with Crippen molar-refractivity contribution in [2.75, 3.05) is 6.54 Å². The Hall–Kier alpha value is -0.0400. The van der Waals surface area contributed by atoms with Gasteiger partial charge in [-0.15, -0.1) is 0 Å². The second kappa shape index (κ2) is 7.28. The Kier molecular flexibility index (Phi) is 6.25. The van der Waals surface area contributed by atoms with E-state index in [0.717, 1.165) is 12.0 Å². The zero-order valence-electron chi connectivity index (χ0n) is 10.0. The van der Waals surface area contributed by atoms with Gasteiger partial charge in [-0.1, -0.05) is 39.0 Å². The third-order valence-electron chi connectivity index (χ3n) is 3.45. The Labute approximate surface area is 89.7 Å². The van der Waals surface area contributed by atoms with Gasteiger partial charge in [0.2, 0.25) is 0 Å². The van der Waals surface area contributed by atoms with Crippen LogP contribution >= 0.6 is 0 Å². The van der Waals surface area contributed by atoms with Crippen LogP contribution < -0.4 is 5.32 Å². The molecule has 1 atom stereocenters. The van der Waals surface area contributed by atoms with E-state index in [9.17, 15) is 0 Å². The van der Waals surface area contributed by atoms with Crippen LogP contribution in [0, 0.1) is 5.92 Å². The molecule has 1 rings (SSSR count). The van der Waals surface area contributed by atoms with Crippen molar-refractivity contribution in [2.24, 2.45) is 5.92 Å². The molecule has 1 fully saturated rings. The van der Waals surface area contributed by atoms with Crippen LogP contribution in [0.15, 0.2) is 0 Å². The Morgan fingerprint density at radius 2 is 1.79 bits per heavy atom. The molecular weight excluding hydrogens is 170 g/mol. The summed E-state index contributed by atoms with van der Waals surface area (Å²) in [7, 11) is 0. The fraction of sp³-hybridized carbons (Fsp3) is 1.00. The third-order valence-corrected chi connectivity index (χ3v) is 3.45. The second-order valence-electron chi connectivity index (χ2n) is 4.96. The minimum atomic E-state index is 0.725. The van der Waals surface area contributed by atoms with E-state index in [1.165, 1.54) is 57.9 Å². The van der Waals surface area contributed by atoms with Gasteiger partial charge in [0, 0.05) is 6.04 Å². The normalized spacial score (nSPS) is 21.9. The van der Waals surface area contributed by atoms with Crippen molar-refractivity contribution in [3.8, 4) is 0 Å². The summed E-state index contributed by atoms with van der Waals surface area (Å²) in [5.41, 5.74) is 0. The number of hydrogen-bond donors (Lipinski definition) is 1. The van der Waals surface area contributed by atoms with Crippen molar-refractivity contribution >= 4 is 0 Å². The SMILES string of the molecule is CCCC(C)NCC1CCCCCC1. The quantitative estimate of drug-likeness (QED) is 0.662. The summed E-state index contributed by atoms with van der Waals surface area (Å²) in [6.45, 7) is 5.85. The fourth-order valence-corrected chi connectivity index (χ4v) is 2.47. The van der Waals surface area contributed by atoms with E-state index in [2.05, 4.69) is 19.2 Å². The topological polar surface area (TPSA) is 12.0 Å². The summed E-state index contributed by atoms with van der Waals surface area (Å²) in [6, 6.07) is 0.725. The Bertz CT molecular complexity index is 125. The number of rotatable bonds is 5. The van der Waals surface area contributed by atoms with Gasteiger partial charge in [-0.3, -0.25) is 0 Å². The summed E-state index contributed by atoms with van der Waals surface area (Å²) < 4.78 is 0. The molecule has 0 aromatic heterocycles. The highest BCUT2D eigenvalue weighted by Gasteiger charge is 2.12. The molecule has 1 saturated carbocycles. The van der Waals surface area contributed by atoms with E-state index in [-0.39, 0.29) is 0 Å². The maximum absolute atomic E-state index is 3.68. The molecule has 0 heterocycles. The van der Waals surface area contributed by atoms with Gasteiger partial charge in [0.05, 0.1) is 0 Å². The minimum Gasteiger partial charge on any atom is -0.314 e. The maximum Gasteiger partial charge on any atom is 0.00387 e. The van der Waals surface area contributed by atoms with Gasteiger partial charge in [0.15, 0.2) is 0 Å². The van der Waals surface area contributed by atoms with E-state index in [0.29, 0.717) is 0 Å². The lowest BCUT2D eigenvalue weighted by Crippen LogP contribution is -2.30. The zero-order valence-corrected chi connectivity index (χ0v) is 10.0. The van der Waals surface area contributed by atoms with Crippen molar-refractivity contribution in [3.63, 3.8) is 0 Å². The standard InChI is InChI=1S/C13H27N/c1-3-8-12(2)14-11-13-9-6-4-5-7-10-13/h12-14H,3-11H2,1-2H3. The highest BCUT2D eigenvalue weighted by Crippen LogP contribution is 2.22. The average molecular weight is 197 g/mol. The van der Waals surface area contributed by atoms with Crippen LogP contribution in [-0.2, 0) is 0 Å². The fourth-order valence-electron chi connectivity index (χ4n) is 2.47. The molecule has 0 spiro atoms. The van der Waals surface area contributed by atoms with Crippen LogP contribution in [0.1, 0.15) is 65.2 Å². The van der Waals surface area contributed by atoms with Crippen LogP contribution in [-0.4, -0.2) is 12.6 Å². The lowest BCUT2D eigenvalue weighted by atomic mass is 10.00. The Morgan fingerprint density at radius 1 is 1.14 bits per heavy atom. The lowest BCUT2D eigenvalue weighted by Gasteiger charge is -2.18. The van der Waals surface area contributed by atoms with Crippen LogP contribution in [0.25, 0.3) is 0 Å². The first-order valence-corrected chi connectivity index (χ1v) is 6.56. The first-order valence-electron chi connectivity index (χ1n) is 6.56. The summed E-state index contributed by atoms with van der Waals surface area (Å²) in [5.74, 6) is 0.969. The summed E-state index contributed by atoms with van der Waals surface area (Å²) in [5, 5.41) is 3.68. The van der Waals surface area contributed by atoms with Gasteiger partial charge in [0.1, 0.15) is 0 Å². The molecule has 0 bridgehead atoms. The highest BCUT2D eigenvalue weighted by atomic mass is 14.9. The molecule has 1 aliphatic rings. The monoisotopic (exact) mass is 197 g/mol. The van der Waals surface area contributed by atoms with E-state index >= 15 is 0 Å². The van der Waals surface area contributed by atoms with Gasteiger partial charge in [-0.05, 0) is 38.6 Å². The molecule has 0 amide bonds. The largest absolute Gasteiger partial charge is 0.314 e. The molecule has 14 heavy (non-hydrogen) atoms. The Morgan fingerprint density at radius 3 is 2.36 bits per heavy atom. The molecule has 0 aromatic carbocycles. The van der Waals surface area contributed by atoms with Crippen LogP contribution in [0.2, 0.25) is 0 Å². The van der Waals surface area contributed by atoms with Gasteiger partial charge in [-0.2, -0.15) is 0 Å². The highest BCUT2D eigenvalue weighted by molar-refractivity contribution is 4.69. The van der Waals surface area contributed by atoms with Gasteiger partial charge in [-0.25, -0.2) is 0 Å². The van der Waals surface area contributed by atoms with Crippen LogP contribution in [0.4, 0.5) is 0 Å². The second-order valence-corrected chi connectivity index (χ2v) is 4.96. The number of hydrogen-bond acceptors (Lipinski definition) is 1. The molecule has 1 N–H and O–H groups in total. The van der Waals surface area contributed by atoms with Crippen molar-refractivity contribution < 1.29 is 0 Å². The molecule has 0 saturated heterocycles. The predicted octanol–water partition coefficient (Wildman–Crippen LogP) is 3.74. The predicted molar refractivity (Wildman–Crippen MR) is 63.6 cm³/mol. The summed E-state index contributed by atoms with van der Waals surface area (Å²) in [4.78, 5) is 0. The van der Waals surface area contributed by atoms with Crippen LogP contribution in [0.3, 0.4) is 0 Å². The molecule has 1 heteroatoms. The third kappa shape index (κ3) is 4.99. The smallest absolute Gasteiger partial charge is 0.00387 e. The first kappa shape index (κ1) is 12.0. The van der Waals surface area contributed by atoms with Crippen molar-refractivity contribution in [3.05, 3.63) is 0 Å². The molecule has 84 valence electrons. The average Bonchev–Trinajstić information content (AvgIpc) is 2.43. The van der Waals surface area contributed by atoms with E-state index in [4.69, 9.17) is 0 Å². The molecule has 0 aromatic rings. The van der Waals surface area contributed by atoms with Crippen molar-refractivity contribution in [1.82, 2.24) is 5.32 Å². The summed E-state index contributed by atoms with van der Waals surface area (Å²) >= 11 is 0. The van der Waals surface area contributed by atoms with Crippen molar-refractivity contribution in [2.45, 2.75) is 71.3 Å². The first-order chi connectivity index (χ1) is 6.83. The minimum absolute atomic E-state index is 0.725. The van der Waals surface area contributed by atoms with E-state index in [1.807, 2.05) is 0 Å². The van der Waals surface area contributed by atoms with E-state index < -0.39 is 0 Å². The van der Waals surface area contributed by atoms with Gasteiger partial charge >= 0.3 is 0 Å². The number of nitrogens with one attached hydrogen (secondary N) is 1.